The zero-order valence-electron chi connectivity index (χ0n) is 16.0. The molecule has 0 radical (unpaired) electrons. The molecule has 29 heavy (non-hydrogen) atoms. The Morgan fingerprint density at radius 1 is 1.14 bits per heavy atom. The van der Waals surface area contributed by atoms with Gasteiger partial charge < -0.3 is 10.6 Å². The van der Waals surface area contributed by atoms with Crippen LogP contribution in [0.1, 0.15) is 27.6 Å². The third-order valence-electron chi connectivity index (χ3n) is 4.56. The topological polar surface area (TPSA) is 88.9 Å². The average Bonchev–Trinajstić information content (AvgIpc) is 3.42. The van der Waals surface area contributed by atoms with E-state index in [9.17, 15) is 9.59 Å². The van der Waals surface area contributed by atoms with Crippen LogP contribution < -0.4 is 10.6 Å². The lowest BCUT2D eigenvalue weighted by atomic mass is 10.1. The number of anilines is 1. The molecule has 4 aromatic rings. The fraction of sp³-hybridized carbons (Fsp3) is 0.143. The van der Waals surface area contributed by atoms with Crippen molar-refractivity contribution in [1.29, 1.82) is 0 Å². The minimum atomic E-state index is -0.251. The molecule has 146 valence electrons. The molecular formula is C21H19N5O2S. The van der Waals surface area contributed by atoms with E-state index in [1.807, 2.05) is 24.4 Å². The second kappa shape index (κ2) is 7.84. The van der Waals surface area contributed by atoms with Gasteiger partial charge in [0, 0.05) is 24.8 Å². The number of nitrogens with zero attached hydrogens (tertiary/aromatic N) is 3. The van der Waals surface area contributed by atoms with Crippen molar-refractivity contribution in [2.75, 3.05) is 12.4 Å². The fourth-order valence-corrected chi connectivity index (χ4v) is 3.75. The van der Waals surface area contributed by atoms with Gasteiger partial charge in [-0.05, 0) is 48.7 Å². The van der Waals surface area contributed by atoms with E-state index in [2.05, 4.69) is 15.7 Å². The molecule has 0 atom stereocenters. The Morgan fingerprint density at radius 2 is 1.93 bits per heavy atom. The summed E-state index contributed by atoms with van der Waals surface area (Å²) in [7, 11) is 1.58. The number of nitrogens with one attached hydrogen (secondary N) is 2. The number of fused-ring (bicyclic) bond motifs is 1. The summed E-state index contributed by atoms with van der Waals surface area (Å²) in [6.45, 7) is 2.64. The molecule has 1 aromatic carbocycles. The van der Waals surface area contributed by atoms with Crippen molar-refractivity contribution < 1.29 is 9.59 Å². The highest BCUT2D eigenvalue weighted by atomic mass is 32.1. The predicted molar refractivity (Wildman–Crippen MR) is 114 cm³/mol. The van der Waals surface area contributed by atoms with Crippen molar-refractivity contribution in [2.45, 2.75) is 13.5 Å². The molecule has 2 amide bonds. The number of aromatic nitrogens is 3. The van der Waals surface area contributed by atoms with E-state index in [4.69, 9.17) is 4.98 Å². The molecule has 0 aliphatic carbocycles. The summed E-state index contributed by atoms with van der Waals surface area (Å²) in [6.07, 6.45) is 1.67. The van der Waals surface area contributed by atoms with E-state index in [0.29, 0.717) is 34.4 Å². The monoisotopic (exact) mass is 405 g/mol. The number of aryl methyl sites for hydroxylation is 1. The predicted octanol–water partition coefficient (Wildman–Crippen LogP) is 3.79. The van der Waals surface area contributed by atoms with Gasteiger partial charge in [-0.3, -0.25) is 9.59 Å². The highest BCUT2D eigenvalue weighted by Crippen LogP contribution is 2.28. The van der Waals surface area contributed by atoms with Gasteiger partial charge in [-0.15, -0.1) is 11.3 Å². The molecule has 3 aromatic heterocycles. The number of pyridine rings is 1. The molecule has 0 aliphatic rings. The summed E-state index contributed by atoms with van der Waals surface area (Å²) in [5, 5.41) is 12.5. The lowest BCUT2D eigenvalue weighted by Gasteiger charge is -2.09. The molecular weight excluding hydrogens is 386 g/mol. The Morgan fingerprint density at radius 3 is 2.59 bits per heavy atom. The lowest BCUT2D eigenvalue weighted by Crippen LogP contribution is -2.18. The first-order valence-electron chi connectivity index (χ1n) is 9.14. The Balaban J connectivity index is 1.71. The fourth-order valence-electron chi connectivity index (χ4n) is 3.07. The zero-order chi connectivity index (χ0) is 20.4. The number of thiophene rings is 1. The van der Waals surface area contributed by atoms with Crippen LogP contribution in [0.2, 0.25) is 0 Å². The second-order valence-electron chi connectivity index (χ2n) is 6.34. The van der Waals surface area contributed by atoms with E-state index >= 15 is 0 Å². The van der Waals surface area contributed by atoms with Crippen molar-refractivity contribution in [3.05, 3.63) is 65.2 Å². The summed E-state index contributed by atoms with van der Waals surface area (Å²) in [5.74, 6) is -0.426. The lowest BCUT2D eigenvalue weighted by molar-refractivity contribution is 0.0962. The Hall–Kier alpha value is -3.52. The van der Waals surface area contributed by atoms with Crippen molar-refractivity contribution >= 4 is 39.9 Å². The summed E-state index contributed by atoms with van der Waals surface area (Å²) < 4.78 is 1.78. The highest BCUT2D eigenvalue weighted by Gasteiger charge is 2.18. The van der Waals surface area contributed by atoms with Crippen LogP contribution in [-0.4, -0.2) is 33.6 Å². The second-order valence-corrected chi connectivity index (χ2v) is 7.29. The van der Waals surface area contributed by atoms with Crippen LogP contribution in [0.3, 0.4) is 0 Å². The first-order chi connectivity index (χ1) is 14.1. The van der Waals surface area contributed by atoms with E-state index < -0.39 is 0 Å². The third-order valence-corrected chi connectivity index (χ3v) is 5.45. The maximum absolute atomic E-state index is 13.1. The van der Waals surface area contributed by atoms with Crippen LogP contribution in [0.15, 0.2) is 54.0 Å². The number of hydrogen-bond acceptors (Lipinski definition) is 5. The molecule has 0 bridgehead atoms. The Kier molecular flexibility index (Phi) is 5.09. The molecule has 3 heterocycles. The largest absolute Gasteiger partial charge is 0.355 e. The number of benzene rings is 1. The minimum Gasteiger partial charge on any atom is -0.355 e. The standard InChI is InChI=1S/C21H19N5O2S/c1-3-26-19-16(12-23-26)15(11-17(25-19)18-5-4-10-29-18)21(28)24-14-8-6-13(7-9-14)20(27)22-2/h4-12H,3H2,1-2H3,(H,22,27)(H,24,28). The molecule has 0 unspecified atom stereocenters. The molecule has 0 spiro atoms. The molecule has 7 nitrogen and oxygen atoms in total. The zero-order valence-corrected chi connectivity index (χ0v) is 16.8. The third kappa shape index (κ3) is 3.62. The average molecular weight is 405 g/mol. The van der Waals surface area contributed by atoms with E-state index in [0.717, 1.165) is 10.6 Å². The van der Waals surface area contributed by atoms with Gasteiger partial charge in [-0.1, -0.05) is 6.07 Å². The summed E-state index contributed by atoms with van der Waals surface area (Å²) >= 11 is 1.57. The van der Waals surface area contributed by atoms with Crippen molar-refractivity contribution in [1.82, 2.24) is 20.1 Å². The molecule has 0 saturated carbocycles. The summed E-state index contributed by atoms with van der Waals surface area (Å²) in [4.78, 5) is 30.5. The van der Waals surface area contributed by atoms with Crippen LogP contribution in [0, 0.1) is 0 Å². The maximum Gasteiger partial charge on any atom is 0.256 e. The molecule has 0 fully saturated rings. The van der Waals surface area contributed by atoms with E-state index in [1.165, 1.54) is 0 Å². The van der Waals surface area contributed by atoms with Gasteiger partial charge in [0.05, 0.1) is 27.7 Å². The Labute approximate surface area is 171 Å². The van der Waals surface area contributed by atoms with Crippen LogP contribution in [-0.2, 0) is 6.54 Å². The molecule has 2 N–H and O–H groups in total. The minimum absolute atomic E-state index is 0.175. The highest BCUT2D eigenvalue weighted by molar-refractivity contribution is 7.13. The van der Waals surface area contributed by atoms with Gasteiger partial charge in [0.15, 0.2) is 5.65 Å². The van der Waals surface area contributed by atoms with E-state index in [1.54, 1.807) is 59.6 Å². The smallest absolute Gasteiger partial charge is 0.256 e. The van der Waals surface area contributed by atoms with Crippen molar-refractivity contribution in [3.63, 3.8) is 0 Å². The van der Waals surface area contributed by atoms with Crippen LogP contribution >= 0.6 is 11.3 Å². The van der Waals surface area contributed by atoms with Gasteiger partial charge in [0.25, 0.3) is 11.8 Å². The quantitative estimate of drug-likeness (QED) is 0.529. The van der Waals surface area contributed by atoms with Crippen LogP contribution in [0.5, 0.6) is 0 Å². The molecule has 8 heteroatoms. The number of amides is 2. The van der Waals surface area contributed by atoms with Gasteiger partial charge in [-0.2, -0.15) is 5.10 Å². The molecule has 0 aliphatic heterocycles. The van der Waals surface area contributed by atoms with Crippen molar-refractivity contribution in [2.24, 2.45) is 0 Å². The summed E-state index contributed by atoms with van der Waals surface area (Å²) in [6, 6.07) is 12.5. The van der Waals surface area contributed by atoms with Gasteiger partial charge in [-0.25, -0.2) is 9.67 Å². The molecule has 0 saturated heterocycles. The normalized spacial score (nSPS) is 10.8. The van der Waals surface area contributed by atoms with Gasteiger partial charge in [0.1, 0.15) is 0 Å². The van der Waals surface area contributed by atoms with Crippen LogP contribution in [0.4, 0.5) is 5.69 Å². The first kappa shape index (κ1) is 18.8. The van der Waals surface area contributed by atoms with Crippen LogP contribution in [0.25, 0.3) is 21.6 Å². The first-order valence-corrected chi connectivity index (χ1v) is 10.0. The van der Waals surface area contributed by atoms with Gasteiger partial charge in [0.2, 0.25) is 0 Å². The SMILES string of the molecule is CCn1ncc2c(C(=O)Nc3ccc(C(=O)NC)cc3)cc(-c3cccs3)nc21. The molecule has 4 rings (SSSR count). The van der Waals surface area contributed by atoms with Crippen molar-refractivity contribution in [3.8, 4) is 10.6 Å². The number of hydrogen-bond donors (Lipinski definition) is 2. The van der Waals surface area contributed by atoms with Gasteiger partial charge >= 0.3 is 0 Å². The van der Waals surface area contributed by atoms with E-state index in [-0.39, 0.29) is 11.8 Å². The number of rotatable bonds is 5. The number of carbonyl (C=O) groups is 2. The number of carbonyl (C=O) groups excluding carboxylic acids is 2. The maximum atomic E-state index is 13.1. The summed E-state index contributed by atoms with van der Waals surface area (Å²) in [5.41, 5.74) is 3.06. The Bertz CT molecular complexity index is 1180.